The molecule has 1 saturated heterocycles. The standard InChI is InChI=1S/C26H34N6O/c1-18(2)13-21-24(26(21,3)4)25(33)30-32-11-9-31(10-12-32)23(22-16-28-17-29-22)14-19-5-7-20(15-27)8-6-19/h5-8,13,16-17,21,23-24H,9-12,14H2,1-4H3,(H,28,29)(H,30,33). The van der Waals surface area contributed by atoms with E-state index in [0.29, 0.717) is 11.5 Å². The second kappa shape index (κ2) is 9.50. The first-order chi connectivity index (χ1) is 15.8. The van der Waals surface area contributed by atoms with Gasteiger partial charge in [0.2, 0.25) is 5.91 Å². The van der Waals surface area contributed by atoms with Crippen LogP contribution >= 0.6 is 0 Å². The Morgan fingerprint density at radius 1 is 1.27 bits per heavy atom. The van der Waals surface area contributed by atoms with Gasteiger partial charge in [0.1, 0.15) is 0 Å². The quantitative estimate of drug-likeness (QED) is 0.636. The Kier molecular flexibility index (Phi) is 6.68. The van der Waals surface area contributed by atoms with Crippen molar-refractivity contribution in [2.45, 2.75) is 40.2 Å². The number of aromatic amines is 1. The van der Waals surface area contributed by atoms with Gasteiger partial charge in [0.25, 0.3) is 0 Å². The number of benzene rings is 1. The number of rotatable bonds is 7. The van der Waals surface area contributed by atoms with Crippen molar-refractivity contribution < 1.29 is 4.79 Å². The van der Waals surface area contributed by atoms with Crippen LogP contribution in [0, 0.1) is 28.6 Å². The van der Waals surface area contributed by atoms with Crippen LogP contribution in [0.25, 0.3) is 0 Å². The van der Waals surface area contributed by atoms with Gasteiger partial charge < -0.3 is 4.98 Å². The molecule has 0 spiro atoms. The van der Waals surface area contributed by atoms with Gasteiger partial charge in [0, 0.05) is 32.4 Å². The number of carbonyl (C=O) groups is 1. The van der Waals surface area contributed by atoms with E-state index in [-0.39, 0.29) is 23.3 Å². The lowest BCUT2D eigenvalue weighted by Gasteiger charge is -2.39. The smallest absolute Gasteiger partial charge is 0.238 e. The minimum absolute atomic E-state index is 0.0238. The average Bonchev–Trinajstić information content (AvgIpc) is 3.12. The fourth-order valence-corrected chi connectivity index (χ4v) is 5.04. The van der Waals surface area contributed by atoms with Gasteiger partial charge in [-0.2, -0.15) is 5.26 Å². The summed E-state index contributed by atoms with van der Waals surface area (Å²) in [6.45, 7) is 11.8. The highest BCUT2D eigenvalue weighted by atomic mass is 16.2. The summed E-state index contributed by atoms with van der Waals surface area (Å²) >= 11 is 0. The van der Waals surface area contributed by atoms with Crippen LogP contribution in [-0.2, 0) is 11.2 Å². The summed E-state index contributed by atoms with van der Waals surface area (Å²) in [7, 11) is 0. The minimum atomic E-state index is 0.0238. The highest BCUT2D eigenvalue weighted by Crippen LogP contribution is 2.59. The molecule has 2 aliphatic rings. The number of aromatic nitrogens is 2. The molecule has 33 heavy (non-hydrogen) atoms. The first kappa shape index (κ1) is 23.2. The molecule has 2 fully saturated rings. The molecule has 1 amide bonds. The molecule has 7 nitrogen and oxygen atoms in total. The first-order valence-electron chi connectivity index (χ1n) is 11.7. The lowest BCUT2D eigenvalue weighted by Crippen LogP contribution is -2.54. The number of piperazine rings is 1. The van der Waals surface area contributed by atoms with Gasteiger partial charge in [-0.1, -0.05) is 37.6 Å². The van der Waals surface area contributed by atoms with Gasteiger partial charge in [-0.3, -0.25) is 15.1 Å². The number of allylic oxidation sites excluding steroid dienone is 2. The van der Waals surface area contributed by atoms with Gasteiger partial charge in [0.05, 0.1) is 35.6 Å². The van der Waals surface area contributed by atoms with Gasteiger partial charge in [0.15, 0.2) is 0 Å². The monoisotopic (exact) mass is 446 g/mol. The maximum absolute atomic E-state index is 12.9. The van der Waals surface area contributed by atoms with Crippen molar-refractivity contribution in [2.24, 2.45) is 17.3 Å². The summed E-state index contributed by atoms with van der Waals surface area (Å²) in [6, 6.07) is 10.1. The number of nitriles is 1. The van der Waals surface area contributed by atoms with Gasteiger partial charge in [-0.05, 0) is 49.3 Å². The van der Waals surface area contributed by atoms with Gasteiger partial charge in [-0.25, -0.2) is 9.99 Å². The minimum Gasteiger partial charge on any atom is -0.347 e. The molecule has 1 aliphatic heterocycles. The molecule has 2 aromatic rings. The molecule has 2 N–H and O–H groups in total. The van der Waals surface area contributed by atoms with E-state index in [2.05, 4.69) is 65.1 Å². The zero-order valence-corrected chi connectivity index (χ0v) is 20.0. The molecular weight excluding hydrogens is 412 g/mol. The fourth-order valence-electron chi connectivity index (χ4n) is 5.04. The van der Waals surface area contributed by atoms with Gasteiger partial charge in [-0.15, -0.1) is 0 Å². The van der Waals surface area contributed by atoms with Gasteiger partial charge >= 0.3 is 0 Å². The lowest BCUT2D eigenvalue weighted by atomic mass is 10.0. The number of nitrogens with zero attached hydrogens (tertiary/aromatic N) is 4. The summed E-state index contributed by atoms with van der Waals surface area (Å²) in [6.07, 6.45) is 6.68. The Hall–Kier alpha value is -2.95. The molecule has 7 heteroatoms. The van der Waals surface area contributed by atoms with E-state index in [0.717, 1.165) is 38.3 Å². The molecule has 174 valence electrons. The Morgan fingerprint density at radius 3 is 2.55 bits per heavy atom. The number of carbonyl (C=O) groups excluding carboxylic acids is 1. The van der Waals surface area contributed by atoms with Crippen molar-refractivity contribution in [1.82, 2.24) is 25.3 Å². The SMILES string of the molecule is CC(C)=CC1C(C(=O)NN2CCN(C(Cc3ccc(C#N)cc3)c3cnc[nH]3)CC2)C1(C)C. The molecule has 1 aliphatic carbocycles. The number of hydrazine groups is 1. The number of hydrogen-bond donors (Lipinski definition) is 2. The predicted molar refractivity (Wildman–Crippen MR) is 128 cm³/mol. The molecule has 1 aromatic carbocycles. The van der Waals surface area contributed by atoms with Crippen LogP contribution in [0.3, 0.4) is 0 Å². The van der Waals surface area contributed by atoms with E-state index in [4.69, 9.17) is 5.26 Å². The number of nitrogens with one attached hydrogen (secondary N) is 2. The van der Waals surface area contributed by atoms with Crippen molar-refractivity contribution >= 4 is 5.91 Å². The van der Waals surface area contributed by atoms with E-state index < -0.39 is 0 Å². The Bertz CT molecular complexity index is 1020. The first-order valence-corrected chi connectivity index (χ1v) is 11.7. The Morgan fingerprint density at radius 2 is 1.97 bits per heavy atom. The molecule has 2 heterocycles. The number of hydrogen-bond acceptors (Lipinski definition) is 5. The fraction of sp³-hybridized carbons (Fsp3) is 0.500. The molecule has 0 radical (unpaired) electrons. The van der Waals surface area contributed by atoms with Crippen LogP contribution in [0.1, 0.15) is 50.6 Å². The van der Waals surface area contributed by atoms with E-state index in [1.165, 1.54) is 11.1 Å². The third-order valence-electron chi connectivity index (χ3n) is 7.12. The van der Waals surface area contributed by atoms with Crippen LogP contribution in [0.2, 0.25) is 0 Å². The van der Waals surface area contributed by atoms with Crippen LogP contribution in [0.15, 0.2) is 48.4 Å². The summed E-state index contributed by atoms with van der Waals surface area (Å²) in [5, 5.41) is 11.1. The van der Waals surface area contributed by atoms with E-state index in [1.807, 2.05) is 30.5 Å². The van der Waals surface area contributed by atoms with Crippen LogP contribution in [-0.4, -0.2) is 52.0 Å². The average molecular weight is 447 g/mol. The zero-order valence-electron chi connectivity index (χ0n) is 20.0. The molecule has 4 rings (SSSR count). The summed E-state index contributed by atoms with van der Waals surface area (Å²) in [4.78, 5) is 22.9. The van der Waals surface area contributed by atoms with Crippen molar-refractivity contribution in [1.29, 1.82) is 5.26 Å². The van der Waals surface area contributed by atoms with Crippen molar-refractivity contribution in [3.05, 3.63) is 65.3 Å². The van der Waals surface area contributed by atoms with Crippen molar-refractivity contribution in [3.63, 3.8) is 0 Å². The van der Waals surface area contributed by atoms with E-state index in [1.54, 1.807) is 6.33 Å². The normalized spacial score (nSPS) is 23.4. The van der Waals surface area contributed by atoms with E-state index in [9.17, 15) is 4.79 Å². The van der Waals surface area contributed by atoms with Crippen LogP contribution < -0.4 is 5.43 Å². The number of imidazole rings is 1. The summed E-state index contributed by atoms with van der Waals surface area (Å²) in [5.41, 5.74) is 7.42. The van der Waals surface area contributed by atoms with Crippen molar-refractivity contribution in [3.8, 4) is 6.07 Å². The molecular formula is C26H34N6O. The predicted octanol–water partition coefficient (Wildman–Crippen LogP) is 3.45. The highest BCUT2D eigenvalue weighted by Gasteiger charge is 2.60. The topological polar surface area (TPSA) is 88.1 Å². The third-order valence-corrected chi connectivity index (χ3v) is 7.12. The summed E-state index contributed by atoms with van der Waals surface area (Å²) < 4.78 is 0. The van der Waals surface area contributed by atoms with Crippen molar-refractivity contribution in [2.75, 3.05) is 26.2 Å². The Labute approximate surface area is 196 Å². The lowest BCUT2D eigenvalue weighted by molar-refractivity contribution is -0.129. The van der Waals surface area contributed by atoms with E-state index >= 15 is 0 Å². The van der Waals surface area contributed by atoms with Crippen LogP contribution in [0.5, 0.6) is 0 Å². The second-order valence-corrected chi connectivity index (χ2v) is 10.1. The largest absolute Gasteiger partial charge is 0.347 e. The molecule has 3 unspecified atom stereocenters. The summed E-state index contributed by atoms with van der Waals surface area (Å²) in [5.74, 6) is 0.499. The number of H-pyrrole nitrogens is 1. The maximum Gasteiger partial charge on any atom is 0.238 e. The second-order valence-electron chi connectivity index (χ2n) is 10.1. The van der Waals surface area contributed by atoms with Crippen LogP contribution in [0.4, 0.5) is 0 Å². The zero-order chi connectivity index (χ0) is 23.6. The molecule has 0 bridgehead atoms. The molecule has 1 saturated carbocycles. The Balaban J connectivity index is 1.36. The third kappa shape index (κ3) is 5.18. The molecule has 3 atom stereocenters. The maximum atomic E-state index is 12.9. The highest BCUT2D eigenvalue weighted by molar-refractivity contribution is 5.83. The number of amides is 1. The molecule has 1 aromatic heterocycles.